The SMILES string of the molecule is Cc1ccc([C@@]2(NC(=O)c3cccc(C(=O)O)c3)CCOc3cccnc32)cc1F. The van der Waals surface area contributed by atoms with Crippen LogP contribution in [-0.2, 0) is 5.54 Å². The van der Waals surface area contributed by atoms with E-state index in [1.54, 1.807) is 37.4 Å². The third-order valence-corrected chi connectivity index (χ3v) is 5.27. The summed E-state index contributed by atoms with van der Waals surface area (Å²) in [4.78, 5) is 28.9. The monoisotopic (exact) mass is 406 g/mol. The number of hydrogen-bond acceptors (Lipinski definition) is 4. The molecule has 6 nitrogen and oxygen atoms in total. The van der Waals surface area contributed by atoms with Crippen LogP contribution in [0.25, 0.3) is 0 Å². The van der Waals surface area contributed by atoms with Crippen LogP contribution in [0.3, 0.4) is 0 Å². The number of aryl methyl sites for hydroxylation is 1. The number of fused-ring (bicyclic) bond motifs is 1. The van der Waals surface area contributed by atoms with E-state index in [1.165, 1.54) is 30.3 Å². The third-order valence-electron chi connectivity index (χ3n) is 5.27. The number of hydrogen-bond donors (Lipinski definition) is 2. The number of carbonyl (C=O) groups excluding carboxylic acids is 1. The summed E-state index contributed by atoms with van der Waals surface area (Å²) in [5.41, 5.74) is 0.565. The quantitative estimate of drug-likeness (QED) is 0.690. The second-order valence-electron chi connectivity index (χ2n) is 7.16. The molecular formula is C23H19FN2O4. The van der Waals surface area contributed by atoms with E-state index < -0.39 is 23.2 Å². The van der Waals surface area contributed by atoms with E-state index in [4.69, 9.17) is 4.74 Å². The van der Waals surface area contributed by atoms with E-state index in [-0.39, 0.29) is 11.1 Å². The number of nitrogens with zero attached hydrogens (tertiary/aromatic N) is 1. The Morgan fingerprint density at radius 2 is 1.93 bits per heavy atom. The molecule has 1 atom stereocenters. The number of carbonyl (C=O) groups is 2. The van der Waals surface area contributed by atoms with E-state index in [2.05, 4.69) is 10.3 Å². The molecule has 7 heteroatoms. The van der Waals surface area contributed by atoms with Crippen LogP contribution >= 0.6 is 0 Å². The predicted molar refractivity (Wildman–Crippen MR) is 107 cm³/mol. The Morgan fingerprint density at radius 1 is 1.13 bits per heavy atom. The topological polar surface area (TPSA) is 88.5 Å². The van der Waals surface area contributed by atoms with Gasteiger partial charge in [0.2, 0.25) is 0 Å². The second kappa shape index (κ2) is 7.59. The molecular weight excluding hydrogens is 387 g/mol. The lowest BCUT2D eigenvalue weighted by atomic mass is 9.80. The van der Waals surface area contributed by atoms with Crippen molar-refractivity contribution < 1.29 is 23.8 Å². The highest BCUT2D eigenvalue weighted by Gasteiger charge is 2.42. The summed E-state index contributed by atoms with van der Waals surface area (Å²) in [5.74, 6) is -1.50. The number of aromatic carboxylic acids is 1. The van der Waals surface area contributed by atoms with E-state index in [0.717, 1.165) is 0 Å². The van der Waals surface area contributed by atoms with Crippen LogP contribution in [0, 0.1) is 12.7 Å². The maximum atomic E-state index is 14.5. The maximum absolute atomic E-state index is 14.5. The molecule has 0 bridgehead atoms. The summed E-state index contributed by atoms with van der Waals surface area (Å²) in [7, 11) is 0. The molecule has 2 aromatic carbocycles. The van der Waals surface area contributed by atoms with Gasteiger partial charge in [-0.2, -0.15) is 0 Å². The molecule has 0 fully saturated rings. The van der Waals surface area contributed by atoms with E-state index in [1.807, 2.05) is 0 Å². The first-order valence-corrected chi connectivity index (χ1v) is 9.41. The average molecular weight is 406 g/mol. The Morgan fingerprint density at radius 3 is 2.70 bits per heavy atom. The van der Waals surface area contributed by atoms with Crippen LogP contribution in [0.4, 0.5) is 4.39 Å². The Hall–Kier alpha value is -3.74. The minimum absolute atomic E-state index is 0.00332. The standard InChI is InChI=1S/C23H19FN2O4/c1-14-7-8-17(13-18(14)24)23(9-11-30-19-6-3-10-25-20(19)23)26-21(27)15-4-2-5-16(12-15)22(28)29/h2-8,10,12-13H,9,11H2,1H3,(H,26,27)(H,28,29)/t23-/m0/s1. The van der Waals surface area contributed by atoms with Crippen molar-refractivity contribution in [1.82, 2.24) is 10.3 Å². The first-order valence-electron chi connectivity index (χ1n) is 9.41. The molecule has 0 saturated carbocycles. The fourth-order valence-corrected chi connectivity index (χ4v) is 3.65. The predicted octanol–water partition coefficient (Wildman–Crippen LogP) is 3.68. The summed E-state index contributed by atoms with van der Waals surface area (Å²) in [5, 5.41) is 12.2. The molecule has 0 unspecified atom stereocenters. The van der Waals surface area contributed by atoms with Gasteiger partial charge in [0.15, 0.2) is 0 Å². The minimum Gasteiger partial charge on any atom is -0.491 e. The molecule has 0 spiro atoms. The molecule has 0 saturated heterocycles. The molecule has 4 rings (SSSR count). The van der Waals surface area contributed by atoms with Crippen LogP contribution in [-0.4, -0.2) is 28.6 Å². The molecule has 2 heterocycles. The zero-order valence-corrected chi connectivity index (χ0v) is 16.2. The lowest BCUT2D eigenvalue weighted by Crippen LogP contribution is -2.50. The largest absolute Gasteiger partial charge is 0.491 e. The van der Waals surface area contributed by atoms with Gasteiger partial charge in [0.05, 0.1) is 12.2 Å². The number of aromatic nitrogens is 1. The number of carboxylic acids is 1. The van der Waals surface area contributed by atoms with Crippen molar-refractivity contribution in [3.8, 4) is 5.75 Å². The van der Waals surface area contributed by atoms with Gasteiger partial charge in [0.25, 0.3) is 5.91 Å². The highest BCUT2D eigenvalue weighted by Crippen LogP contribution is 2.41. The average Bonchev–Trinajstić information content (AvgIpc) is 2.76. The number of pyridine rings is 1. The highest BCUT2D eigenvalue weighted by atomic mass is 19.1. The molecule has 1 aromatic heterocycles. The highest BCUT2D eigenvalue weighted by molar-refractivity contribution is 5.98. The first kappa shape index (κ1) is 19.6. The van der Waals surface area contributed by atoms with Crippen molar-refractivity contribution >= 4 is 11.9 Å². The van der Waals surface area contributed by atoms with Crippen molar-refractivity contribution in [3.63, 3.8) is 0 Å². The molecule has 0 aliphatic carbocycles. The van der Waals surface area contributed by atoms with Gasteiger partial charge in [-0.1, -0.05) is 18.2 Å². The fourth-order valence-electron chi connectivity index (χ4n) is 3.65. The van der Waals surface area contributed by atoms with Gasteiger partial charge >= 0.3 is 5.97 Å². The Labute approximate surface area is 172 Å². The van der Waals surface area contributed by atoms with Crippen molar-refractivity contribution in [1.29, 1.82) is 0 Å². The zero-order chi connectivity index (χ0) is 21.3. The lowest BCUT2D eigenvalue weighted by molar-refractivity contribution is 0.0697. The summed E-state index contributed by atoms with van der Waals surface area (Å²) < 4.78 is 20.2. The number of ether oxygens (including phenoxy) is 1. The number of nitrogens with one attached hydrogen (secondary N) is 1. The van der Waals surface area contributed by atoms with E-state index in [0.29, 0.717) is 35.6 Å². The molecule has 3 aromatic rings. The summed E-state index contributed by atoms with van der Waals surface area (Å²) >= 11 is 0. The van der Waals surface area contributed by atoms with Crippen molar-refractivity contribution in [2.75, 3.05) is 6.61 Å². The number of halogens is 1. The fraction of sp³-hybridized carbons (Fsp3) is 0.174. The van der Waals surface area contributed by atoms with E-state index >= 15 is 0 Å². The third kappa shape index (κ3) is 3.39. The molecule has 1 aliphatic rings. The maximum Gasteiger partial charge on any atom is 0.335 e. The van der Waals surface area contributed by atoms with Crippen LogP contribution in [0.1, 0.15) is 44.0 Å². The van der Waals surface area contributed by atoms with Gasteiger partial charge in [0.1, 0.15) is 22.8 Å². The number of amides is 1. The van der Waals surface area contributed by atoms with Gasteiger partial charge in [-0.05, 0) is 54.4 Å². The van der Waals surface area contributed by atoms with Gasteiger partial charge in [0, 0.05) is 18.2 Å². The lowest BCUT2D eigenvalue weighted by Gasteiger charge is -2.39. The number of rotatable bonds is 4. The molecule has 1 amide bonds. The smallest absolute Gasteiger partial charge is 0.335 e. The van der Waals surface area contributed by atoms with Crippen LogP contribution < -0.4 is 10.1 Å². The Bertz CT molecular complexity index is 1150. The van der Waals surface area contributed by atoms with Gasteiger partial charge in [-0.25, -0.2) is 9.18 Å². The first-order chi connectivity index (χ1) is 14.4. The molecule has 1 aliphatic heterocycles. The Kier molecular flexibility index (Phi) is 4.95. The molecule has 0 radical (unpaired) electrons. The van der Waals surface area contributed by atoms with Crippen molar-refractivity contribution in [3.05, 3.63) is 94.6 Å². The van der Waals surface area contributed by atoms with Gasteiger partial charge in [-0.15, -0.1) is 0 Å². The molecule has 2 N–H and O–H groups in total. The summed E-state index contributed by atoms with van der Waals surface area (Å²) in [6, 6.07) is 14.0. The van der Waals surface area contributed by atoms with Crippen molar-refractivity contribution in [2.24, 2.45) is 0 Å². The zero-order valence-electron chi connectivity index (χ0n) is 16.2. The molecule has 30 heavy (non-hydrogen) atoms. The van der Waals surface area contributed by atoms with Crippen molar-refractivity contribution in [2.45, 2.75) is 18.9 Å². The normalized spacial score (nSPS) is 17.5. The summed E-state index contributed by atoms with van der Waals surface area (Å²) in [6.07, 6.45) is 1.92. The summed E-state index contributed by atoms with van der Waals surface area (Å²) in [6.45, 7) is 1.96. The van der Waals surface area contributed by atoms with E-state index in [9.17, 15) is 19.1 Å². The van der Waals surface area contributed by atoms with Gasteiger partial charge in [-0.3, -0.25) is 9.78 Å². The number of carboxylic acid groups (broad SMARTS) is 1. The number of benzene rings is 2. The van der Waals surface area contributed by atoms with Crippen LogP contribution in [0.5, 0.6) is 5.75 Å². The minimum atomic E-state index is -1.13. The van der Waals surface area contributed by atoms with Crippen LogP contribution in [0.2, 0.25) is 0 Å². The Balaban J connectivity index is 1.83. The molecule has 152 valence electrons. The van der Waals surface area contributed by atoms with Gasteiger partial charge < -0.3 is 15.2 Å². The van der Waals surface area contributed by atoms with Crippen LogP contribution in [0.15, 0.2) is 60.8 Å². The second-order valence-corrected chi connectivity index (χ2v) is 7.16.